The summed E-state index contributed by atoms with van der Waals surface area (Å²) in [6.45, 7) is 5.40. The van der Waals surface area contributed by atoms with Crippen molar-refractivity contribution in [3.63, 3.8) is 0 Å². The minimum atomic E-state index is 0.576. The predicted octanol–water partition coefficient (Wildman–Crippen LogP) is 1.44. The lowest BCUT2D eigenvalue weighted by atomic mass is 10.2. The number of nitrogens with one attached hydrogen (secondary N) is 1. The largest absolute Gasteiger partial charge is 0.335 e. The first-order chi connectivity index (χ1) is 6.27. The molecule has 1 N–H and O–H groups in total. The lowest BCUT2D eigenvalue weighted by Crippen LogP contribution is -2.23. The van der Waals surface area contributed by atoms with E-state index < -0.39 is 0 Å². The first-order valence-corrected chi connectivity index (χ1v) is 4.95. The second kappa shape index (κ2) is 5.02. The van der Waals surface area contributed by atoms with Crippen molar-refractivity contribution in [2.45, 2.75) is 39.3 Å². The molecule has 1 heterocycles. The molecule has 0 aliphatic carbocycles. The third kappa shape index (κ3) is 2.84. The summed E-state index contributed by atoms with van der Waals surface area (Å²) in [5.41, 5.74) is 0. The first-order valence-electron chi connectivity index (χ1n) is 4.95. The van der Waals surface area contributed by atoms with Gasteiger partial charge in [0.15, 0.2) is 0 Å². The molecule has 0 amide bonds. The number of imidazole rings is 1. The number of aryl methyl sites for hydroxylation is 2. The van der Waals surface area contributed by atoms with Crippen molar-refractivity contribution in [2.75, 3.05) is 7.05 Å². The molecule has 1 rings (SSSR count). The third-order valence-electron chi connectivity index (χ3n) is 2.41. The molecule has 0 bridgehead atoms. The second-order valence-corrected chi connectivity index (χ2v) is 3.37. The van der Waals surface area contributed by atoms with Crippen LogP contribution in [0.3, 0.4) is 0 Å². The SMILES string of the molecule is CCc1nccn1CCC(C)NC. The van der Waals surface area contributed by atoms with E-state index in [0.29, 0.717) is 6.04 Å². The maximum Gasteiger partial charge on any atom is 0.108 e. The fourth-order valence-electron chi connectivity index (χ4n) is 1.34. The molecule has 1 unspecified atom stereocenters. The first kappa shape index (κ1) is 10.3. The molecule has 1 aromatic heterocycles. The molecular weight excluding hydrogens is 162 g/mol. The molecule has 0 aliphatic heterocycles. The third-order valence-corrected chi connectivity index (χ3v) is 2.41. The van der Waals surface area contributed by atoms with Crippen LogP contribution in [0.15, 0.2) is 12.4 Å². The van der Waals surface area contributed by atoms with Crippen LogP contribution in [-0.2, 0) is 13.0 Å². The summed E-state index contributed by atoms with van der Waals surface area (Å²) in [7, 11) is 2.00. The Bertz CT molecular complexity index is 242. The van der Waals surface area contributed by atoms with Gasteiger partial charge in [0.05, 0.1) is 0 Å². The molecule has 74 valence electrons. The van der Waals surface area contributed by atoms with Gasteiger partial charge in [-0.15, -0.1) is 0 Å². The van der Waals surface area contributed by atoms with Crippen molar-refractivity contribution in [1.29, 1.82) is 0 Å². The van der Waals surface area contributed by atoms with Gasteiger partial charge >= 0.3 is 0 Å². The van der Waals surface area contributed by atoms with Crippen LogP contribution >= 0.6 is 0 Å². The smallest absolute Gasteiger partial charge is 0.108 e. The van der Waals surface area contributed by atoms with Crippen LogP contribution in [0, 0.1) is 0 Å². The zero-order chi connectivity index (χ0) is 9.68. The van der Waals surface area contributed by atoms with Gasteiger partial charge < -0.3 is 9.88 Å². The quantitative estimate of drug-likeness (QED) is 0.745. The molecular formula is C10H19N3. The number of rotatable bonds is 5. The van der Waals surface area contributed by atoms with Gasteiger partial charge in [-0.2, -0.15) is 0 Å². The number of hydrogen-bond donors (Lipinski definition) is 1. The number of aromatic nitrogens is 2. The minimum Gasteiger partial charge on any atom is -0.335 e. The van der Waals surface area contributed by atoms with Crippen LogP contribution in [0.4, 0.5) is 0 Å². The van der Waals surface area contributed by atoms with E-state index in [4.69, 9.17) is 0 Å². The van der Waals surface area contributed by atoms with Crippen LogP contribution in [0.2, 0.25) is 0 Å². The molecule has 0 aromatic carbocycles. The Morgan fingerprint density at radius 3 is 3.00 bits per heavy atom. The summed E-state index contributed by atoms with van der Waals surface area (Å²) in [4.78, 5) is 4.28. The van der Waals surface area contributed by atoms with Gasteiger partial charge in [0.25, 0.3) is 0 Å². The molecule has 3 heteroatoms. The van der Waals surface area contributed by atoms with Gasteiger partial charge in [-0.1, -0.05) is 6.92 Å². The lowest BCUT2D eigenvalue weighted by Gasteiger charge is -2.11. The average molecular weight is 181 g/mol. The topological polar surface area (TPSA) is 29.9 Å². The Balaban J connectivity index is 2.44. The van der Waals surface area contributed by atoms with E-state index in [1.165, 1.54) is 5.82 Å². The highest BCUT2D eigenvalue weighted by atomic mass is 15.1. The second-order valence-electron chi connectivity index (χ2n) is 3.37. The fourth-order valence-corrected chi connectivity index (χ4v) is 1.34. The highest BCUT2D eigenvalue weighted by Gasteiger charge is 2.02. The van der Waals surface area contributed by atoms with E-state index in [0.717, 1.165) is 19.4 Å². The van der Waals surface area contributed by atoms with E-state index in [9.17, 15) is 0 Å². The zero-order valence-electron chi connectivity index (χ0n) is 8.75. The summed E-state index contributed by atoms with van der Waals surface area (Å²) in [6.07, 6.45) is 6.10. The van der Waals surface area contributed by atoms with Gasteiger partial charge in [-0.25, -0.2) is 4.98 Å². The van der Waals surface area contributed by atoms with Crippen molar-refractivity contribution < 1.29 is 0 Å². The summed E-state index contributed by atoms with van der Waals surface area (Å²) in [6, 6.07) is 0.576. The van der Waals surface area contributed by atoms with Gasteiger partial charge in [-0.3, -0.25) is 0 Å². The van der Waals surface area contributed by atoms with Crippen molar-refractivity contribution in [1.82, 2.24) is 14.9 Å². The standard InChI is InChI=1S/C10H19N3/c1-4-10-12-6-8-13(10)7-5-9(2)11-3/h6,8-9,11H,4-5,7H2,1-3H3. The maximum absolute atomic E-state index is 4.28. The molecule has 1 atom stereocenters. The van der Waals surface area contributed by atoms with Gasteiger partial charge in [0.1, 0.15) is 5.82 Å². The summed E-state index contributed by atoms with van der Waals surface area (Å²) < 4.78 is 2.23. The zero-order valence-corrected chi connectivity index (χ0v) is 8.75. The van der Waals surface area contributed by atoms with Crippen LogP contribution in [0.5, 0.6) is 0 Å². The highest BCUT2D eigenvalue weighted by Crippen LogP contribution is 2.01. The lowest BCUT2D eigenvalue weighted by molar-refractivity contribution is 0.502. The highest BCUT2D eigenvalue weighted by molar-refractivity contribution is 4.91. The summed E-state index contributed by atoms with van der Waals surface area (Å²) in [5.74, 6) is 1.18. The average Bonchev–Trinajstić information content (AvgIpc) is 2.61. The van der Waals surface area contributed by atoms with Crippen LogP contribution < -0.4 is 5.32 Å². The van der Waals surface area contributed by atoms with Crippen LogP contribution in [0.1, 0.15) is 26.1 Å². The summed E-state index contributed by atoms with van der Waals surface area (Å²) in [5, 5.41) is 3.23. The minimum absolute atomic E-state index is 0.576. The fraction of sp³-hybridized carbons (Fsp3) is 0.700. The van der Waals surface area contributed by atoms with E-state index in [1.54, 1.807) is 0 Å². The van der Waals surface area contributed by atoms with Crippen LogP contribution in [-0.4, -0.2) is 22.6 Å². The van der Waals surface area contributed by atoms with Crippen molar-refractivity contribution in [3.05, 3.63) is 18.2 Å². The molecule has 0 aliphatic rings. The molecule has 0 spiro atoms. The Kier molecular flexibility index (Phi) is 3.96. The molecule has 13 heavy (non-hydrogen) atoms. The van der Waals surface area contributed by atoms with Crippen LogP contribution in [0.25, 0.3) is 0 Å². The Morgan fingerprint density at radius 1 is 1.62 bits per heavy atom. The Hall–Kier alpha value is -0.830. The normalized spacial score (nSPS) is 13.2. The summed E-state index contributed by atoms with van der Waals surface area (Å²) >= 11 is 0. The number of hydrogen-bond acceptors (Lipinski definition) is 2. The molecule has 0 saturated carbocycles. The van der Waals surface area contributed by atoms with Crippen molar-refractivity contribution in [3.8, 4) is 0 Å². The van der Waals surface area contributed by atoms with E-state index in [2.05, 4.69) is 34.9 Å². The van der Waals surface area contributed by atoms with E-state index >= 15 is 0 Å². The van der Waals surface area contributed by atoms with Crippen molar-refractivity contribution in [2.24, 2.45) is 0 Å². The molecule has 0 radical (unpaired) electrons. The Morgan fingerprint density at radius 2 is 2.38 bits per heavy atom. The molecule has 3 nitrogen and oxygen atoms in total. The van der Waals surface area contributed by atoms with E-state index in [-0.39, 0.29) is 0 Å². The van der Waals surface area contributed by atoms with Crippen molar-refractivity contribution >= 4 is 0 Å². The maximum atomic E-state index is 4.28. The van der Waals surface area contributed by atoms with Gasteiger partial charge in [0, 0.05) is 31.4 Å². The Labute approximate surface area is 80.2 Å². The molecule has 0 fully saturated rings. The van der Waals surface area contributed by atoms with Gasteiger partial charge in [0.2, 0.25) is 0 Å². The van der Waals surface area contributed by atoms with Gasteiger partial charge in [-0.05, 0) is 20.4 Å². The van der Waals surface area contributed by atoms with E-state index in [1.807, 2.05) is 13.2 Å². The number of nitrogens with zero attached hydrogens (tertiary/aromatic N) is 2. The molecule has 1 aromatic rings. The molecule has 0 saturated heterocycles. The predicted molar refractivity (Wildman–Crippen MR) is 54.7 cm³/mol. The monoisotopic (exact) mass is 181 g/mol.